The molecule has 8 nitrogen and oxygen atoms in total. The van der Waals surface area contributed by atoms with E-state index in [1.807, 2.05) is 6.07 Å². The average Bonchev–Trinajstić information content (AvgIpc) is 3.37. The molecular formula is C32H25F3N4O4. The topological polar surface area (TPSA) is 99.3 Å². The Labute approximate surface area is 244 Å². The lowest BCUT2D eigenvalue weighted by Gasteiger charge is -2.11. The standard InChI is InChI=1S/C32H25F3N4O4/c1-41-11-10-39-28-15-23(32(40)42-2)14-26(35)31(28)38-29(39)16-20-8-9-21(13-25(20)34)27-4-3-5-30(37-27)43-18-22-7-6-19(17-36)12-24(22)33/h3-9,12-15H,10-11,16,18H2,1-2H3. The number of nitriles is 1. The molecule has 0 atom stereocenters. The van der Waals surface area contributed by atoms with E-state index in [-0.39, 0.29) is 47.7 Å². The molecule has 11 heteroatoms. The molecule has 5 aromatic rings. The minimum absolute atomic E-state index is 0.0360. The molecular weight excluding hydrogens is 561 g/mol. The number of ether oxygens (including phenoxy) is 3. The van der Waals surface area contributed by atoms with Crippen LogP contribution in [0.15, 0.2) is 66.7 Å². The molecule has 43 heavy (non-hydrogen) atoms. The van der Waals surface area contributed by atoms with Crippen molar-refractivity contribution in [1.29, 1.82) is 5.26 Å². The lowest BCUT2D eigenvalue weighted by atomic mass is 10.1. The first kappa shape index (κ1) is 29.3. The summed E-state index contributed by atoms with van der Waals surface area (Å²) in [5.41, 5.74) is 2.16. The second kappa shape index (κ2) is 12.8. The van der Waals surface area contributed by atoms with Gasteiger partial charge < -0.3 is 18.8 Å². The monoisotopic (exact) mass is 586 g/mol. The van der Waals surface area contributed by atoms with Gasteiger partial charge in [-0.1, -0.05) is 24.3 Å². The zero-order valence-corrected chi connectivity index (χ0v) is 23.2. The molecule has 0 aliphatic rings. The normalized spacial score (nSPS) is 11.0. The Kier molecular flexibility index (Phi) is 8.69. The molecule has 0 fully saturated rings. The van der Waals surface area contributed by atoms with Crippen LogP contribution in [0.4, 0.5) is 13.2 Å². The van der Waals surface area contributed by atoms with Crippen molar-refractivity contribution < 1.29 is 32.2 Å². The Morgan fingerprint density at radius 1 is 0.930 bits per heavy atom. The molecule has 0 aliphatic carbocycles. The van der Waals surface area contributed by atoms with E-state index in [1.165, 1.54) is 38.5 Å². The summed E-state index contributed by atoms with van der Waals surface area (Å²) < 4.78 is 61.8. The summed E-state index contributed by atoms with van der Waals surface area (Å²) in [4.78, 5) is 20.9. The number of nitrogens with zero attached hydrogens (tertiary/aromatic N) is 4. The minimum Gasteiger partial charge on any atom is -0.473 e. The highest BCUT2D eigenvalue weighted by molar-refractivity contribution is 5.94. The van der Waals surface area contributed by atoms with Gasteiger partial charge in [0.25, 0.3) is 0 Å². The van der Waals surface area contributed by atoms with Crippen LogP contribution >= 0.6 is 0 Å². The van der Waals surface area contributed by atoms with E-state index in [9.17, 15) is 13.6 Å². The van der Waals surface area contributed by atoms with E-state index in [1.54, 1.807) is 34.9 Å². The van der Waals surface area contributed by atoms with Crippen molar-refractivity contribution in [2.45, 2.75) is 19.6 Å². The van der Waals surface area contributed by atoms with E-state index in [4.69, 9.17) is 19.5 Å². The van der Waals surface area contributed by atoms with Crippen LogP contribution in [0.1, 0.15) is 32.9 Å². The van der Waals surface area contributed by atoms with Crippen LogP contribution in [0.3, 0.4) is 0 Å². The summed E-state index contributed by atoms with van der Waals surface area (Å²) in [6.07, 6.45) is 0.0459. The van der Waals surface area contributed by atoms with Gasteiger partial charge in [0.2, 0.25) is 5.88 Å². The molecule has 0 amide bonds. The zero-order chi connectivity index (χ0) is 30.5. The summed E-state index contributed by atoms with van der Waals surface area (Å²) in [5.74, 6) is -1.86. The predicted molar refractivity (Wildman–Crippen MR) is 151 cm³/mol. The van der Waals surface area contributed by atoms with Gasteiger partial charge in [-0.3, -0.25) is 0 Å². The third-order valence-corrected chi connectivity index (χ3v) is 6.81. The molecule has 5 rings (SSSR count). The van der Waals surface area contributed by atoms with Gasteiger partial charge in [-0.05, 0) is 42.0 Å². The van der Waals surface area contributed by atoms with Crippen LogP contribution in [0.25, 0.3) is 22.3 Å². The van der Waals surface area contributed by atoms with E-state index in [2.05, 4.69) is 9.97 Å². The van der Waals surface area contributed by atoms with Gasteiger partial charge in [0.1, 0.15) is 29.6 Å². The number of carbonyl (C=O) groups is 1. The number of benzene rings is 3. The first-order valence-electron chi connectivity index (χ1n) is 13.1. The summed E-state index contributed by atoms with van der Waals surface area (Å²) >= 11 is 0. The number of imidazole rings is 1. The first-order valence-corrected chi connectivity index (χ1v) is 13.1. The lowest BCUT2D eigenvalue weighted by Crippen LogP contribution is -2.10. The number of methoxy groups -OCH3 is 2. The maximum atomic E-state index is 15.4. The molecule has 3 aromatic carbocycles. The van der Waals surface area contributed by atoms with Crippen LogP contribution in [-0.4, -0.2) is 41.3 Å². The first-order chi connectivity index (χ1) is 20.8. The molecule has 0 spiro atoms. The van der Waals surface area contributed by atoms with Crippen molar-refractivity contribution in [3.05, 3.63) is 112 Å². The molecule has 0 saturated carbocycles. The van der Waals surface area contributed by atoms with Crippen molar-refractivity contribution in [1.82, 2.24) is 14.5 Å². The third kappa shape index (κ3) is 6.34. The number of rotatable bonds is 10. The second-order valence-electron chi connectivity index (χ2n) is 9.54. The minimum atomic E-state index is -0.693. The maximum Gasteiger partial charge on any atom is 0.338 e. The number of fused-ring (bicyclic) bond motifs is 1. The zero-order valence-electron chi connectivity index (χ0n) is 23.2. The van der Waals surface area contributed by atoms with E-state index in [0.29, 0.717) is 34.7 Å². The molecule has 2 heterocycles. The van der Waals surface area contributed by atoms with Crippen molar-refractivity contribution in [3.8, 4) is 23.2 Å². The smallest absolute Gasteiger partial charge is 0.338 e. The average molecular weight is 587 g/mol. The Balaban J connectivity index is 1.39. The van der Waals surface area contributed by atoms with Crippen LogP contribution in [0, 0.1) is 28.8 Å². The molecule has 218 valence electrons. The van der Waals surface area contributed by atoms with Crippen LogP contribution in [0.2, 0.25) is 0 Å². The molecule has 0 unspecified atom stereocenters. The summed E-state index contributed by atoms with van der Waals surface area (Å²) in [5, 5.41) is 8.91. The molecule has 0 aliphatic heterocycles. The van der Waals surface area contributed by atoms with Gasteiger partial charge in [0.15, 0.2) is 5.82 Å². The Morgan fingerprint density at radius 3 is 2.44 bits per heavy atom. The number of carbonyl (C=O) groups excluding carboxylic acids is 1. The largest absolute Gasteiger partial charge is 0.473 e. The fraction of sp³-hybridized carbons (Fsp3) is 0.188. The Morgan fingerprint density at radius 2 is 1.72 bits per heavy atom. The van der Waals surface area contributed by atoms with Gasteiger partial charge in [0.05, 0.1) is 42.1 Å². The van der Waals surface area contributed by atoms with Gasteiger partial charge in [-0.15, -0.1) is 0 Å². The van der Waals surface area contributed by atoms with Crippen LogP contribution in [0.5, 0.6) is 5.88 Å². The summed E-state index contributed by atoms with van der Waals surface area (Å²) in [6, 6.07) is 18.2. The molecule has 0 saturated heterocycles. The highest BCUT2D eigenvalue weighted by atomic mass is 19.1. The van der Waals surface area contributed by atoms with Crippen LogP contribution < -0.4 is 4.74 Å². The highest BCUT2D eigenvalue weighted by Crippen LogP contribution is 2.27. The number of hydrogen-bond donors (Lipinski definition) is 0. The number of hydrogen-bond acceptors (Lipinski definition) is 7. The summed E-state index contributed by atoms with van der Waals surface area (Å²) in [6.45, 7) is 0.480. The third-order valence-electron chi connectivity index (χ3n) is 6.81. The van der Waals surface area contributed by atoms with Crippen LogP contribution in [-0.2, 0) is 29.0 Å². The maximum absolute atomic E-state index is 15.4. The van der Waals surface area contributed by atoms with Crippen molar-refractivity contribution >= 4 is 17.0 Å². The van der Waals surface area contributed by atoms with Gasteiger partial charge >= 0.3 is 5.97 Å². The lowest BCUT2D eigenvalue weighted by molar-refractivity contribution is 0.0600. The highest BCUT2D eigenvalue weighted by Gasteiger charge is 2.20. The SMILES string of the molecule is COCCn1c(Cc2ccc(-c3cccc(OCc4ccc(C#N)cc4F)n3)cc2F)nc2c(F)cc(C(=O)OC)cc21. The number of esters is 1. The Bertz CT molecular complexity index is 1870. The summed E-state index contributed by atoms with van der Waals surface area (Å²) in [7, 11) is 2.74. The van der Waals surface area contributed by atoms with Gasteiger partial charge in [-0.2, -0.15) is 5.26 Å². The van der Waals surface area contributed by atoms with E-state index < -0.39 is 23.4 Å². The Hall–Kier alpha value is -5.21. The number of halogens is 3. The van der Waals surface area contributed by atoms with Gasteiger partial charge in [0, 0.05) is 37.3 Å². The van der Waals surface area contributed by atoms with Crippen molar-refractivity contribution in [2.75, 3.05) is 20.8 Å². The fourth-order valence-electron chi connectivity index (χ4n) is 4.59. The quantitative estimate of drug-likeness (QED) is 0.185. The predicted octanol–water partition coefficient (Wildman–Crippen LogP) is 5.99. The molecule has 0 radical (unpaired) electrons. The fourth-order valence-corrected chi connectivity index (χ4v) is 4.59. The number of pyridine rings is 1. The van der Waals surface area contributed by atoms with E-state index in [0.717, 1.165) is 12.1 Å². The molecule has 0 N–H and O–H groups in total. The molecule has 0 bridgehead atoms. The number of aromatic nitrogens is 3. The molecule has 2 aromatic heterocycles. The van der Waals surface area contributed by atoms with Crippen molar-refractivity contribution in [2.24, 2.45) is 0 Å². The van der Waals surface area contributed by atoms with E-state index >= 15 is 4.39 Å². The van der Waals surface area contributed by atoms with Crippen molar-refractivity contribution in [3.63, 3.8) is 0 Å². The van der Waals surface area contributed by atoms with Gasteiger partial charge in [-0.25, -0.2) is 27.9 Å². The second-order valence-corrected chi connectivity index (χ2v) is 9.54.